The number of aromatic nitrogens is 2. The fraction of sp³-hybridized carbons (Fsp3) is 0.400. The molecule has 21 heavy (non-hydrogen) atoms. The van der Waals surface area contributed by atoms with Gasteiger partial charge in [-0.2, -0.15) is 5.10 Å². The Morgan fingerprint density at radius 3 is 2.86 bits per heavy atom. The molecule has 2 unspecified atom stereocenters. The molecule has 0 saturated carbocycles. The fourth-order valence-electron chi connectivity index (χ4n) is 2.87. The Hall–Kier alpha value is -2.37. The molecule has 1 N–H and O–H groups in total. The Kier molecular flexibility index (Phi) is 3.37. The molecule has 3 rings (SSSR count). The van der Waals surface area contributed by atoms with E-state index >= 15 is 0 Å². The first-order chi connectivity index (χ1) is 10.1. The van der Waals surface area contributed by atoms with E-state index in [0.29, 0.717) is 18.8 Å². The lowest BCUT2D eigenvalue weighted by Crippen LogP contribution is -2.30. The molecule has 0 spiro atoms. The van der Waals surface area contributed by atoms with E-state index in [9.17, 15) is 9.59 Å². The van der Waals surface area contributed by atoms with E-state index in [4.69, 9.17) is 4.74 Å². The van der Waals surface area contributed by atoms with Crippen LogP contribution >= 0.6 is 0 Å². The lowest BCUT2D eigenvalue weighted by molar-refractivity contribution is -0.146. The van der Waals surface area contributed by atoms with Crippen molar-refractivity contribution in [3.8, 4) is 0 Å². The number of carbonyl (C=O) groups excluding carboxylic acids is 2. The third-order valence-electron chi connectivity index (χ3n) is 4.08. The number of esters is 1. The van der Waals surface area contributed by atoms with E-state index in [0.717, 1.165) is 10.9 Å². The summed E-state index contributed by atoms with van der Waals surface area (Å²) in [7, 11) is 1.38. The summed E-state index contributed by atoms with van der Waals surface area (Å²) in [5, 5.41) is 7.78. The topological polar surface area (TPSA) is 75.3 Å². The third-order valence-corrected chi connectivity index (χ3v) is 4.08. The zero-order valence-corrected chi connectivity index (χ0v) is 12.0. The molecule has 1 saturated heterocycles. The highest BCUT2D eigenvalue weighted by Gasteiger charge is 2.38. The molecule has 2 atom stereocenters. The Bertz CT molecular complexity index is 694. The van der Waals surface area contributed by atoms with Crippen LogP contribution in [0.15, 0.2) is 24.3 Å². The molecular weight excluding hydrogens is 270 g/mol. The monoisotopic (exact) mass is 287 g/mol. The Balaban J connectivity index is 1.85. The SMILES string of the molecule is COC(=O)C1CN(C(=O)c2n[nH]c3ccccc23)CC1C. The predicted molar refractivity (Wildman–Crippen MR) is 76.7 cm³/mol. The second-order valence-corrected chi connectivity index (χ2v) is 5.43. The van der Waals surface area contributed by atoms with Crippen LogP contribution in [-0.4, -0.2) is 47.2 Å². The van der Waals surface area contributed by atoms with Crippen LogP contribution in [0.25, 0.3) is 10.9 Å². The molecule has 6 heteroatoms. The van der Waals surface area contributed by atoms with E-state index in [-0.39, 0.29) is 23.7 Å². The Labute approximate surface area is 122 Å². The minimum absolute atomic E-state index is 0.0895. The number of ether oxygens (including phenoxy) is 1. The highest BCUT2D eigenvalue weighted by molar-refractivity contribution is 6.04. The van der Waals surface area contributed by atoms with Crippen molar-refractivity contribution in [3.63, 3.8) is 0 Å². The molecule has 2 heterocycles. The van der Waals surface area contributed by atoms with Crippen LogP contribution in [0, 0.1) is 11.8 Å². The normalized spacial score (nSPS) is 21.7. The average molecular weight is 287 g/mol. The first-order valence-corrected chi connectivity index (χ1v) is 6.92. The number of nitrogens with zero attached hydrogens (tertiary/aromatic N) is 2. The van der Waals surface area contributed by atoms with E-state index < -0.39 is 0 Å². The van der Waals surface area contributed by atoms with Gasteiger partial charge in [0.25, 0.3) is 5.91 Å². The van der Waals surface area contributed by atoms with E-state index in [2.05, 4.69) is 10.2 Å². The van der Waals surface area contributed by atoms with Gasteiger partial charge in [-0.1, -0.05) is 25.1 Å². The molecule has 1 aliphatic heterocycles. The summed E-state index contributed by atoms with van der Waals surface area (Å²) in [6.45, 7) is 2.88. The summed E-state index contributed by atoms with van der Waals surface area (Å²) in [5.74, 6) is -0.578. The number of nitrogens with one attached hydrogen (secondary N) is 1. The van der Waals surface area contributed by atoms with Crippen molar-refractivity contribution in [2.24, 2.45) is 11.8 Å². The van der Waals surface area contributed by atoms with E-state index in [1.165, 1.54) is 7.11 Å². The van der Waals surface area contributed by atoms with Crippen LogP contribution in [0.2, 0.25) is 0 Å². The summed E-state index contributed by atoms with van der Waals surface area (Å²) < 4.78 is 4.79. The number of carbonyl (C=O) groups is 2. The van der Waals surface area contributed by atoms with Gasteiger partial charge in [0.15, 0.2) is 5.69 Å². The molecule has 1 aromatic carbocycles. The molecule has 0 aliphatic carbocycles. The average Bonchev–Trinajstić information content (AvgIpc) is 3.09. The van der Waals surface area contributed by atoms with Crippen LogP contribution in [0.5, 0.6) is 0 Å². The predicted octanol–water partition coefficient (Wildman–Crippen LogP) is 1.44. The van der Waals surface area contributed by atoms with Crippen molar-refractivity contribution < 1.29 is 14.3 Å². The number of benzene rings is 1. The van der Waals surface area contributed by atoms with Crippen LogP contribution in [0.1, 0.15) is 17.4 Å². The first-order valence-electron chi connectivity index (χ1n) is 6.92. The van der Waals surface area contributed by atoms with E-state index in [1.54, 1.807) is 4.90 Å². The van der Waals surface area contributed by atoms with Crippen LogP contribution in [-0.2, 0) is 9.53 Å². The Morgan fingerprint density at radius 1 is 1.33 bits per heavy atom. The lowest BCUT2D eigenvalue weighted by atomic mass is 9.99. The maximum Gasteiger partial charge on any atom is 0.310 e. The molecule has 1 aromatic heterocycles. The molecule has 1 amide bonds. The van der Waals surface area contributed by atoms with Gasteiger partial charge in [-0.25, -0.2) is 0 Å². The Morgan fingerprint density at radius 2 is 2.10 bits per heavy atom. The third kappa shape index (κ3) is 2.26. The summed E-state index contributed by atoms with van der Waals surface area (Å²) in [6.07, 6.45) is 0. The molecule has 0 bridgehead atoms. The number of H-pyrrole nitrogens is 1. The quantitative estimate of drug-likeness (QED) is 0.848. The molecule has 1 fully saturated rings. The van der Waals surface area contributed by atoms with Gasteiger partial charge in [0.05, 0.1) is 18.5 Å². The summed E-state index contributed by atoms with van der Waals surface area (Å²) in [6, 6.07) is 7.50. The number of hydrogen-bond acceptors (Lipinski definition) is 4. The number of fused-ring (bicyclic) bond motifs is 1. The minimum atomic E-state index is -0.260. The van der Waals surface area contributed by atoms with Gasteiger partial charge in [0.1, 0.15) is 0 Å². The molecule has 0 radical (unpaired) electrons. The standard InChI is InChI=1S/C15H17N3O3/c1-9-7-18(8-11(9)15(20)21-2)14(19)13-10-5-3-4-6-12(10)16-17-13/h3-6,9,11H,7-8H2,1-2H3,(H,16,17). The summed E-state index contributed by atoms with van der Waals surface area (Å²) >= 11 is 0. The maximum atomic E-state index is 12.6. The zero-order valence-electron chi connectivity index (χ0n) is 12.0. The van der Waals surface area contributed by atoms with Crippen LogP contribution in [0.4, 0.5) is 0 Å². The van der Waals surface area contributed by atoms with Crippen LogP contribution in [0.3, 0.4) is 0 Å². The number of aromatic amines is 1. The number of para-hydroxylation sites is 1. The van der Waals surface area contributed by atoms with Crippen molar-refractivity contribution in [3.05, 3.63) is 30.0 Å². The smallest absolute Gasteiger partial charge is 0.310 e. The number of likely N-dealkylation sites (tertiary alicyclic amines) is 1. The molecule has 110 valence electrons. The zero-order chi connectivity index (χ0) is 15.0. The van der Waals surface area contributed by atoms with Gasteiger partial charge in [-0.3, -0.25) is 14.7 Å². The van der Waals surface area contributed by atoms with Crippen molar-refractivity contribution >= 4 is 22.8 Å². The van der Waals surface area contributed by atoms with Crippen LogP contribution < -0.4 is 0 Å². The number of methoxy groups -OCH3 is 1. The summed E-state index contributed by atoms with van der Waals surface area (Å²) in [4.78, 5) is 26.0. The van der Waals surface area contributed by atoms with Gasteiger partial charge >= 0.3 is 5.97 Å². The van der Waals surface area contributed by atoms with E-state index in [1.807, 2.05) is 31.2 Å². The van der Waals surface area contributed by atoms with Gasteiger partial charge in [-0.05, 0) is 12.0 Å². The summed E-state index contributed by atoms with van der Waals surface area (Å²) in [5.41, 5.74) is 1.24. The van der Waals surface area contributed by atoms with Gasteiger partial charge in [-0.15, -0.1) is 0 Å². The second kappa shape index (κ2) is 5.20. The first kappa shape index (κ1) is 13.6. The number of hydrogen-bond donors (Lipinski definition) is 1. The molecular formula is C15H17N3O3. The molecule has 6 nitrogen and oxygen atoms in total. The van der Waals surface area contributed by atoms with Crippen molar-refractivity contribution in [1.82, 2.24) is 15.1 Å². The fourth-order valence-corrected chi connectivity index (χ4v) is 2.87. The number of amides is 1. The highest BCUT2D eigenvalue weighted by Crippen LogP contribution is 2.26. The minimum Gasteiger partial charge on any atom is -0.469 e. The van der Waals surface area contributed by atoms with Gasteiger partial charge in [0.2, 0.25) is 0 Å². The van der Waals surface area contributed by atoms with Crippen molar-refractivity contribution in [1.29, 1.82) is 0 Å². The molecule has 1 aliphatic rings. The lowest BCUT2D eigenvalue weighted by Gasteiger charge is -2.14. The number of rotatable bonds is 2. The maximum absolute atomic E-state index is 12.6. The van der Waals surface area contributed by atoms with Gasteiger partial charge < -0.3 is 9.64 Å². The highest BCUT2D eigenvalue weighted by atomic mass is 16.5. The molecule has 2 aromatic rings. The second-order valence-electron chi connectivity index (χ2n) is 5.43. The van der Waals surface area contributed by atoms with Gasteiger partial charge in [0, 0.05) is 18.5 Å². The van der Waals surface area contributed by atoms with Crippen molar-refractivity contribution in [2.75, 3.05) is 20.2 Å². The largest absolute Gasteiger partial charge is 0.469 e. The van der Waals surface area contributed by atoms with Crippen molar-refractivity contribution in [2.45, 2.75) is 6.92 Å².